The van der Waals surface area contributed by atoms with Gasteiger partial charge in [0.25, 0.3) is 0 Å². The highest BCUT2D eigenvalue weighted by molar-refractivity contribution is 5.68. The molecule has 162 valence electrons. The molecule has 6 heteroatoms. The van der Waals surface area contributed by atoms with Crippen molar-refractivity contribution in [2.45, 2.75) is 76.5 Å². The summed E-state index contributed by atoms with van der Waals surface area (Å²) in [5.74, 6) is 0.495. The minimum absolute atomic E-state index is 0.0646. The summed E-state index contributed by atoms with van der Waals surface area (Å²) in [7, 11) is 0. The van der Waals surface area contributed by atoms with Crippen molar-refractivity contribution >= 4 is 6.09 Å². The van der Waals surface area contributed by atoms with Crippen molar-refractivity contribution in [3.05, 3.63) is 35.6 Å². The first-order valence-electron chi connectivity index (χ1n) is 10.9. The SMILES string of the molecule is CC(C)(C)OC(=O)NC1CCNC[C@H]1CO[C@H]1CC[C@@H](c2cccc(F)c2)CC1. The number of amides is 1. The molecule has 1 unspecified atom stereocenters. The first kappa shape index (κ1) is 22.0. The molecule has 0 spiro atoms. The number of hydrogen-bond donors (Lipinski definition) is 2. The number of alkyl carbamates (subject to hydrolysis) is 1. The van der Waals surface area contributed by atoms with E-state index in [4.69, 9.17) is 9.47 Å². The second kappa shape index (κ2) is 9.90. The van der Waals surface area contributed by atoms with Crippen molar-refractivity contribution in [1.29, 1.82) is 0 Å². The van der Waals surface area contributed by atoms with E-state index in [-0.39, 0.29) is 30.0 Å². The summed E-state index contributed by atoms with van der Waals surface area (Å²) < 4.78 is 25.1. The van der Waals surface area contributed by atoms with E-state index in [0.717, 1.165) is 50.8 Å². The minimum Gasteiger partial charge on any atom is -0.444 e. The van der Waals surface area contributed by atoms with Crippen LogP contribution in [0.2, 0.25) is 0 Å². The molecule has 1 saturated heterocycles. The fourth-order valence-corrected chi connectivity index (χ4v) is 4.33. The van der Waals surface area contributed by atoms with Crippen molar-refractivity contribution in [3.63, 3.8) is 0 Å². The molecule has 2 N–H and O–H groups in total. The Morgan fingerprint density at radius 2 is 1.97 bits per heavy atom. The second-order valence-corrected chi connectivity index (χ2v) is 9.37. The van der Waals surface area contributed by atoms with Gasteiger partial charge in [-0.1, -0.05) is 12.1 Å². The Bertz CT molecular complexity index is 668. The highest BCUT2D eigenvalue weighted by Gasteiger charge is 2.30. The Morgan fingerprint density at radius 1 is 1.21 bits per heavy atom. The van der Waals surface area contributed by atoms with Crippen LogP contribution >= 0.6 is 0 Å². The van der Waals surface area contributed by atoms with E-state index in [9.17, 15) is 9.18 Å². The summed E-state index contributed by atoms with van der Waals surface area (Å²) in [5.41, 5.74) is 0.602. The topological polar surface area (TPSA) is 59.6 Å². The highest BCUT2D eigenvalue weighted by atomic mass is 19.1. The smallest absolute Gasteiger partial charge is 0.407 e. The standard InChI is InChI=1S/C23H35FN2O3/c1-23(2,3)29-22(27)26-21-11-12-25-14-18(21)15-28-20-9-7-16(8-10-20)17-5-4-6-19(24)13-17/h4-6,13,16,18,20-21,25H,7-12,14-15H2,1-3H3,(H,26,27)/t16-,18-,20+,21?/m0/s1. The third kappa shape index (κ3) is 6.96. The quantitative estimate of drug-likeness (QED) is 0.762. The van der Waals surface area contributed by atoms with Crippen LogP contribution in [0.25, 0.3) is 0 Å². The zero-order valence-electron chi connectivity index (χ0n) is 17.9. The number of carbonyl (C=O) groups excluding carboxylic acids is 1. The highest BCUT2D eigenvalue weighted by Crippen LogP contribution is 2.34. The van der Waals surface area contributed by atoms with Crippen molar-refractivity contribution in [2.24, 2.45) is 5.92 Å². The van der Waals surface area contributed by atoms with E-state index in [1.807, 2.05) is 26.8 Å². The Labute approximate surface area is 173 Å². The van der Waals surface area contributed by atoms with Crippen molar-refractivity contribution < 1.29 is 18.7 Å². The molecular weight excluding hydrogens is 371 g/mol. The third-order valence-corrected chi connectivity index (χ3v) is 5.85. The summed E-state index contributed by atoms with van der Waals surface area (Å²) in [6.07, 6.45) is 4.79. The Hall–Kier alpha value is -1.66. The van der Waals surface area contributed by atoms with Crippen LogP contribution in [0.3, 0.4) is 0 Å². The molecule has 3 rings (SSSR count). The zero-order chi connectivity index (χ0) is 20.9. The number of halogens is 1. The predicted molar refractivity (Wildman–Crippen MR) is 111 cm³/mol. The first-order valence-corrected chi connectivity index (χ1v) is 10.9. The van der Waals surface area contributed by atoms with Crippen LogP contribution in [-0.2, 0) is 9.47 Å². The van der Waals surface area contributed by atoms with Crippen LogP contribution in [0.15, 0.2) is 24.3 Å². The van der Waals surface area contributed by atoms with Crippen LogP contribution in [0.5, 0.6) is 0 Å². The van der Waals surface area contributed by atoms with Gasteiger partial charge in [-0.25, -0.2) is 9.18 Å². The van der Waals surface area contributed by atoms with Crippen molar-refractivity contribution in [1.82, 2.24) is 10.6 Å². The van der Waals surface area contributed by atoms with Crippen LogP contribution in [0.4, 0.5) is 9.18 Å². The first-order chi connectivity index (χ1) is 13.8. The van der Waals surface area contributed by atoms with Gasteiger partial charge in [-0.15, -0.1) is 0 Å². The molecule has 2 aliphatic rings. The van der Waals surface area contributed by atoms with Gasteiger partial charge in [-0.05, 0) is 83.0 Å². The van der Waals surface area contributed by atoms with Crippen molar-refractivity contribution in [2.75, 3.05) is 19.7 Å². The average Bonchev–Trinajstić information content (AvgIpc) is 2.66. The monoisotopic (exact) mass is 406 g/mol. The molecule has 29 heavy (non-hydrogen) atoms. The number of benzene rings is 1. The van der Waals surface area contributed by atoms with Gasteiger partial charge in [-0.3, -0.25) is 0 Å². The third-order valence-electron chi connectivity index (χ3n) is 5.85. The molecule has 5 nitrogen and oxygen atoms in total. The normalized spacial score (nSPS) is 28.0. The maximum Gasteiger partial charge on any atom is 0.407 e. The van der Waals surface area contributed by atoms with Gasteiger partial charge in [0.15, 0.2) is 0 Å². The molecule has 1 aromatic carbocycles. The molecule has 2 fully saturated rings. The zero-order valence-corrected chi connectivity index (χ0v) is 17.9. The van der Waals surface area contributed by atoms with Gasteiger partial charge in [0.05, 0.1) is 12.7 Å². The molecular formula is C23H35FN2O3. The number of rotatable bonds is 5. The molecule has 0 radical (unpaired) electrons. The van der Waals surface area contributed by atoms with Crippen LogP contribution in [-0.4, -0.2) is 43.5 Å². The van der Waals surface area contributed by atoms with E-state index in [0.29, 0.717) is 12.5 Å². The average molecular weight is 407 g/mol. The van der Waals surface area contributed by atoms with Gasteiger partial charge in [0.2, 0.25) is 0 Å². The maximum atomic E-state index is 13.5. The number of nitrogens with one attached hydrogen (secondary N) is 2. The number of hydrogen-bond acceptors (Lipinski definition) is 4. The summed E-state index contributed by atoms with van der Waals surface area (Å²) in [4.78, 5) is 12.2. The molecule has 0 bridgehead atoms. The fourth-order valence-electron chi connectivity index (χ4n) is 4.33. The fraction of sp³-hybridized carbons (Fsp3) is 0.696. The van der Waals surface area contributed by atoms with Gasteiger partial charge < -0.3 is 20.1 Å². The second-order valence-electron chi connectivity index (χ2n) is 9.37. The summed E-state index contributed by atoms with van der Waals surface area (Å²) in [6.45, 7) is 7.96. The largest absolute Gasteiger partial charge is 0.444 e. The van der Waals surface area contributed by atoms with Crippen molar-refractivity contribution in [3.8, 4) is 0 Å². The van der Waals surface area contributed by atoms with Gasteiger partial charge in [-0.2, -0.15) is 0 Å². The lowest BCUT2D eigenvalue weighted by Gasteiger charge is -2.35. The summed E-state index contributed by atoms with van der Waals surface area (Å²) in [5, 5.41) is 6.43. The van der Waals surface area contributed by atoms with Gasteiger partial charge >= 0.3 is 6.09 Å². The molecule has 1 aromatic rings. The lowest BCUT2D eigenvalue weighted by molar-refractivity contribution is -0.00773. The maximum absolute atomic E-state index is 13.5. The molecule has 1 heterocycles. The van der Waals surface area contributed by atoms with Gasteiger partial charge in [0.1, 0.15) is 11.4 Å². The summed E-state index contributed by atoms with van der Waals surface area (Å²) in [6, 6.07) is 7.04. The van der Waals surface area contributed by atoms with E-state index in [1.54, 1.807) is 12.1 Å². The number of piperidine rings is 1. The lowest BCUT2D eigenvalue weighted by atomic mass is 9.82. The molecule has 2 atom stereocenters. The van der Waals surface area contributed by atoms with E-state index < -0.39 is 5.60 Å². The molecule has 1 amide bonds. The summed E-state index contributed by atoms with van der Waals surface area (Å²) >= 11 is 0. The van der Waals surface area contributed by atoms with E-state index in [1.165, 1.54) is 6.07 Å². The molecule has 1 saturated carbocycles. The lowest BCUT2D eigenvalue weighted by Crippen LogP contribution is -2.52. The Morgan fingerprint density at radius 3 is 2.66 bits per heavy atom. The minimum atomic E-state index is -0.497. The van der Waals surface area contributed by atoms with Crippen LogP contribution in [0.1, 0.15) is 64.4 Å². The van der Waals surface area contributed by atoms with Gasteiger partial charge in [0, 0.05) is 18.5 Å². The number of ether oxygens (including phenoxy) is 2. The van der Waals surface area contributed by atoms with E-state index >= 15 is 0 Å². The molecule has 0 aromatic heterocycles. The Balaban J connectivity index is 1.44. The van der Waals surface area contributed by atoms with Crippen LogP contribution < -0.4 is 10.6 Å². The number of carbonyl (C=O) groups is 1. The van der Waals surface area contributed by atoms with Crippen LogP contribution in [0, 0.1) is 11.7 Å². The molecule has 1 aliphatic heterocycles. The predicted octanol–water partition coefficient (Wildman–Crippen LogP) is 4.37. The van der Waals surface area contributed by atoms with E-state index in [2.05, 4.69) is 10.6 Å². The molecule has 1 aliphatic carbocycles. The Kier molecular flexibility index (Phi) is 7.52.